The van der Waals surface area contributed by atoms with Crippen molar-refractivity contribution in [1.82, 2.24) is 4.98 Å². The zero-order chi connectivity index (χ0) is 13.7. The number of rotatable bonds is 5. The summed E-state index contributed by atoms with van der Waals surface area (Å²) in [6, 6.07) is 12.7. The highest BCUT2D eigenvalue weighted by Gasteiger charge is 2.05. The van der Waals surface area contributed by atoms with Crippen LogP contribution in [0.15, 0.2) is 46.9 Å². The molecular formula is C14H12BrNO3. The molecule has 98 valence electrons. The zero-order valence-corrected chi connectivity index (χ0v) is 11.6. The van der Waals surface area contributed by atoms with Crippen LogP contribution in [0.1, 0.15) is 21.7 Å². The fourth-order valence-electron chi connectivity index (χ4n) is 1.58. The van der Waals surface area contributed by atoms with E-state index in [1.165, 1.54) is 6.07 Å². The topological polar surface area (TPSA) is 59.4 Å². The Morgan fingerprint density at radius 2 is 2.00 bits per heavy atom. The molecule has 0 radical (unpaired) electrons. The Bertz CT molecular complexity index is 586. The van der Waals surface area contributed by atoms with Crippen LogP contribution in [0.25, 0.3) is 0 Å². The van der Waals surface area contributed by atoms with Gasteiger partial charge in [-0.3, -0.25) is 0 Å². The van der Waals surface area contributed by atoms with Gasteiger partial charge >= 0.3 is 5.97 Å². The first kappa shape index (κ1) is 13.7. The Balaban J connectivity index is 1.92. The first-order chi connectivity index (χ1) is 9.15. The van der Waals surface area contributed by atoms with Crippen LogP contribution in [0.2, 0.25) is 0 Å². The van der Waals surface area contributed by atoms with Gasteiger partial charge in [0.2, 0.25) is 0 Å². The van der Waals surface area contributed by atoms with E-state index < -0.39 is 5.97 Å². The number of hydrogen-bond acceptors (Lipinski definition) is 3. The van der Waals surface area contributed by atoms with Crippen molar-refractivity contribution >= 4 is 21.9 Å². The van der Waals surface area contributed by atoms with Gasteiger partial charge < -0.3 is 9.84 Å². The van der Waals surface area contributed by atoms with Crippen molar-refractivity contribution < 1.29 is 14.6 Å². The molecule has 0 bridgehead atoms. The van der Waals surface area contributed by atoms with Gasteiger partial charge in [-0.2, -0.15) is 0 Å². The molecule has 1 aromatic carbocycles. The van der Waals surface area contributed by atoms with Crippen LogP contribution in [0, 0.1) is 0 Å². The van der Waals surface area contributed by atoms with Gasteiger partial charge in [-0.15, -0.1) is 0 Å². The van der Waals surface area contributed by atoms with Crippen molar-refractivity contribution in [2.24, 2.45) is 0 Å². The van der Waals surface area contributed by atoms with Gasteiger partial charge in [0.15, 0.2) is 0 Å². The van der Waals surface area contributed by atoms with E-state index >= 15 is 0 Å². The fraction of sp³-hybridized carbons (Fsp3) is 0.143. The number of ether oxygens (including phenoxy) is 1. The quantitative estimate of drug-likeness (QED) is 0.918. The van der Waals surface area contributed by atoms with E-state index in [0.29, 0.717) is 12.3 Å². The van der Waals surface area contributed by atoms with Crippen LogP contribution in [0.3, 0.4) is 0 Å². The van der Waals surface area contributed by atoms with E-state index in [4.69, 9.17) is 9.84 Å². The van der Waals surface area contributed by atoms with Crippen molar-refractivity contribution in [3.63, 3.8) is 0 Å². The normalized spacial score (nSPS) is 10.4. The molecule has 2 aromatic rings. The Morgan fingerprint density at radius 1 is 1.21 bits per heavy atom. The molecule has 1 N–H and O–H groups in total. The largest absolute Gasteiger partial charge is 0.477 e. The molecule has 0 unspecified atom stereocenters. The summed E-state index contributed by atoms with van der Waals surface area (Å²) in [5, 5.41) is 8.83. The number of halogens is 1. The first-order valence-corrected chi connectivity index (χ1v) is 6.46. The molecule has 0 saturated heterocycles. The molecule has 0 aliphatic carbocycles. The number of aromatic nitrogens is 1. The third-order valence-electron chi connectivity index (χ3n) is 2.43. The maximum Gasteiger partial charge on any atom is 0.354 e. The summed E-state index contributed by atoms with van der Waals surface area (Å²) in [5.74, 6) is -1.03. The average Bonchev–Trinajstić information content (AvgIpc) is 2.39. The average molecular weight is 322 g/mol. The van der Waals surface area contributed by atoms with Crippen molar-refractivity contribution in [1.29, 1.82) is 0 Å². The fourth-order valence-corrected chi connectivity index (χ4v) is 2.03. The molecule has 5 heteroatoms. The second kappa shape index (κ2) is 6.45. The predicted octanol–water partition coefficient (Wildman–Crippen LogP) is 3.26. The minimum atomic E-state index is -1.03. The molecule has 0 aliphatic rings. The van der Waals surface area contributed by atoms with E-state index in [-0.39, 0.29) is 12.3 Å². The molecule has 19 heavy (non-hydrogen) atoms. The maximum atomic E-state index is 10.8. The van der Waals surface area contributed by atoms with Gasteiger partial charge in [-0.25, -0.2) is 9.78 Å². The van der Waals surface area contributed by atoms with Gasteiger partial charge in [-0.05, 0) is 29.8 Å². The van der Waals surface area contributed by atoms with Gasteiger partial charge in [0.1, 0.15) is 5.69 Å². The molecule has 0 amide bonds. The molecule has 0 aliphatic heterocycles. The molecular weight excluding hydrogens is 310 g/mol. The Kier molecular flexibility index (Phi) is 4.65. The van der Waals surface area contributed by atoms with Gasteiger partial charge in [0.25, 0.3) is 0 Å². The number of hydrogen-bond donors (Lipinski definition) is 1. The molecule has 0 spiro atoms. The highest BCUT2D eigenvalue weighted by Crippen LogP contribution is 2.13. The Labute approximate surface area is 119 Å². The number of carboxylic acid groups (broad SMARTS) is 1. The first-order valence-electron chi connectivity index (χ1n) is 5.66. The van der Waals surface area contributed by atoms with Crippen LogP contribution in [0.5, 0.6) is 0 Å². The third-order valence-corrected chi connectivity index (χ3v) is 2.93. The summed E-state index contributed by atoms with van der Waals surface area (Å²) in [6.45, 7) is 0.742. The second-order valence-electron chi connectivity index (χ2n) is 3.94. The number of pyridine rings is 1. The standard InChI is InChI=1S/C14H12BrNO3/c15-11-4-1-3-10(7-11)8-19-9-12-5-2-6-13(16-12)14(17)18/h1-7H,8-9H2,(H,17,18). The minimum Gasteiger partial charge on any atom is -0.477 e. The summed E-state index contributed by atoms with van der Waals surface area (Å²) in [4.78, 5) is 14.8. The summed E-state index contributed by atoms with van der Waals surface area (Å²) < 4.78 is 6.52. The van der Waals surface area contributed by atoms with Crippen LogP contribution >= 0.6 is 15.9 Å². The van der Waals surface area contributed by atoms with E-state index in [0.717, 1.165) is 10.0 Å². The second-order valence-corrected chi connectivity index (χ2v) is 4.86. The number of nitrogens with zero attached hydrogens (tertiary/aromatic N) is 1. The Hall–Kier alpha value is -1.72. The maximum absolute atomic E-state index is 10.8. The highest BCUT2D eigenvalue weighted by molar-refractivity contribution is 9.10. The lowest BCUT2D eigenvalue weighted by molar-refractivity contribution is 0.0688. The van der Waals surface area contributed by atoms with E-state index in [2.05, 4.69) is 20.9 Å². The number of carbonyl (C=O) groups is 1. The van der Waals surface area contributed by atoms with Gasteiger partial charge in [0.05, 0.1) is 18.9 Å². The molecule has 1 aromatic heterocycles. The third kappa shape index (κ3) is 4.15. The van der Waals surface area contributed by atoms with Crippen LogP contribution in [-0.2, 0) is 18.0 Å². The van der Waals surface area contributed by atoms with Crippen LogP contribution in [0.4, 0.5) is 0 Å². The number of aromatic carboxylic acids is 1. The van der Waals surface area contributed by atoms with Crippen molar-refractivity contribution in [3.05, 3.63) is 63.9 Å². The minimum absolute atomic E-state index is 0.0311. The van der Waals surface area contributed by atoms with Crippen molar-refractivity contribution in [2.75, 3.05) is 0 Å². The van der Waals surface area contributed by atoms with Crippen molar-refractivity contribution in [3.8, 4) is 0 Å². The predicted molar refractivity (Wildman–Crippen MR) is 73.8 cm³/mol. The van der Waals surface area contributed by atoms with Gasteiger partial charge in [0, 0.05) is 4.47 Å². The van der Waals surface area contributed by atoms with Crippen LogP contribution < -0.4 is 0 Å². The molecule has 0 fully saturated rings. The van der Waals surface area contributed by atoms with Crippen LogP contribution in [-0.4, -0.2) is 16.1 Å². The molecule has 2 rings (SSSR count). The molecule has 1 heterocycles. The molecule has 4 nitrogen and oxygen atoms in total. The lowest BCUT2D eigenvalue weighted by Gasteiger charge is -2.05. The lowest BCUT2D eigenvalue weighted by atomic mass is 10.2. The summed E-state index contributed by atoms with van der Waals surface area (Å²) in [5.41, 5.74) is 1.68. The molecule has 0 atom stereocenters. The highest BCUT2D eigenvalue weighted by atomic mass is 79.9. The summed E-state index contributed by atoms with van der Waals surface area (Å²) in [7, 11) is 0. The van der Waals surface area contributed by atoms with E-state index in [1.54, 1.807) is 12.1 Å². The monoisotopic (exact) mass is 321 g/mol. The molecule has 0 saturated carbocycles. The zero-order valence-electron chi connectivity index (χ0n) is 10.0. The van der Waals surface area contributed by atoms with Gasteiger partial charge in [-0.1, -0.05) is 34.1 Å². The Morgan fingerprint density at radius 3 is 2.74 bits per heavy atom. The smallest absolute Gasteiger partial charge is 0.354 e. The lowest BCUT2D eigenvalue weighted by Crippen LogP contribution is -2.03. The number of benzene rings is 1. The van der Waals surface area contributed by atoms with E-state index in [1.807, 2.05) is 24.3 Å². The number of carboxylic acids is 1. The van der Waals surface area contributed by atoms with E-state index in [9.17, 15) is 4.79 Å². The van der Waals surface area contributed by atoms with Crippen molar-refractivity contribution in [2.45, 2.75) is 13.2 Å². The summed E-state index contributed by atoms with van der Waals surface area (Å²) >= 11 is 3.39. The summed E-state index contributed by atoms with van der Waals surface area (Å²) in [6.07, 6.45) is 0. The SMILES string of the molecule is O=C(O)c1cccc(COCc2cccc(Br)c2)n1.